The number of aryl methyl sites for hydroxylation is 5. The summed E-state index contributed by atoms with van der Waals surface area (Å²) in [5.41, 5.74) is 36.0. The number of furan rings is 3. The molecule has 0 saturated heterocycles. The quantitative estimate of drug-likeness (QED) is 0.165. The molecular weight excluding hydrogens is 1610 g/mol. The Bertz CT molecular complexity index is 9280. The van der Waals surface area contributed by atoms with Gasteiger partial charge in [-0.25, -0.2) is 34.9 Å². The minimum atomic E-state index is 0.653. The highest BCUT2D eigenvalue weighted by Gasteiger charge is 2.25. The van der Waals surface area contributed by atoms with Gasteiger partial charge in [0.25, 0.3) is 0 Å². The van der Waals surface area contributed by atoms with Gasteiger partial charge in [0.15, 0.2) is 0 Å². The molecule has 30 aromatic rings. The van der Waals surface area contributed by atoms with E-state index in [9.17, 15) is 0 Å². The number of rotatable bonds is 4. The normalized spacial score (nSPS) is 12.0. The van der Waals surface area contributed by atoms with Crippen molar-refractivity contribution < 1.29 is 13.3 Å². The second-order valence-electron chi connectivity index (χ2n) is 33.4. The van der Waals surface area contributed by atoms with Crippen molar-refractivity contribution in [3.05, 3.63) is 386 Å². The van der Waals surface area contributed by atoms with Crippen molar-refractivity contribution in [1.82, 2.24) is 79.7 Å². The van der Waals surface area contributed by atoms with Gasteiger partial charge in [-0.15, -0.1) is 0 Å². The van der Waals surface area contributed by atoms with Crippen molar-refractivity contribution in [2.45, 2.75) is 27.7 Å². The zero-order valence-corrected chi connectivity index (χ0v) is 71.0. The molecule has 0 saturated carbocycles. The van der Waals surface area contributed by atoms with E-state index in [1.807, 2.05) is 61.8 Å². The first-order chi connectivity index (χ1) is 64.0. The number of hydrogen-bond donors (Lipinski definition) is 0. The van der Waals surface area contributed by atoms with E-state index in [2.05, 4.69) is 397 Å². The number of pyridine rings is 2. The summed E-state index contributed by atoms with van der Waals surface area (Å²) in [7, 11) is 2.06. The van der Waals surface area contributed by atoms with Crippen LogP contribution in [-0.4, -0.2) is 79.7 Å². The number of nitrogens with zero attached hydrogens (tertiary/aromatic N) is 17. The lowest BCUT2D eigenvalue weighted by atomic mass is 10.1. The molecular formula is C110H75N17O3. The van der Waals surface area contributed by atoms with E-state index in [4.69, 9.17) is 33.2 Å². The van der Waals surface area contributed by atoms with Crippen LogP contribution in [-0.2, 0) is 7.05 Å². The number of benzene rings is 15. The number of fused-ring (bicyclic) bond motifs is 34. The molecule has 20 heteroatoms. The van der Waals surface area contributed by atoms with Gasteiger partial charge in [-0.05, 0) is 245 Å². The van der Waals surface area contributed by atoms with Gasteiger partial charge in [-0.2, -0.15) is 0 Å². The molecule has 0 amide bonds. The molecule has 15 aromatic carbocycles. The molecule has 30 rings (SSSR count). The summed E-state index contributed by atoms with van der Waals surface area (Å²) in [6, 6.07) is 122. The Hall–Kier alpha value is -17.7. The Labute approximate surface area is 737 Å². The van der Waals surface area contributed by atoms with Crippen LogP contribution in [0.15, 0.2) is 377 Å². The summed E-state index contributed by atoms with van der Waals surface area (Å²) < 4.78 is 40.1. The van der Waals surface area contributed by atoms with E-state index in [-0.39, 0.29) is 0 Å². The molecule has 0 N–H and O–H groups in total. The van der Waals surface area contributed by atoms with Crippen molar-refractivity contribution in [1.29, 1.82) is 0 Å². The van der Waals surface area contributed by atoms with Gasteiger partial charge in [-0.1, -0.05) is 157 Å². The van der Waals surface area contributed by atoms with E-state index in [0.717, 1.165) is 195 Å². The van der Waals surface area contributed by atoms with Crippen molar-refractivity contribution in [3.8, 4) is 22.7 Å². The second-order valence-corrected chi connectivity index (χ2v) is 33.4. The maximum Gasteiger partial charge on any atom is 0.227 e. The summed E-state index contributed by atoms with van der Waals surface area (Å²) in [5.74, 6) is 4.65. The van der Waals surface area contributed by atoms with Crippen LogP contribution in [0.3, 0.4) is 0 Å². The average Bonchev–Trinajstić information content (AvgIpc) is 1.55. The van der Waals surface area contributed by atoms with Gasteiger partial charge in [0, 0.05) is 45.9 Å². The first-order valence-electron chi connectivity index (χ1n) is 43.4. The first-order valence-corrected chi connectivity index (χ1v) is 43.4. The minimum Gasteiger partial charge on any atom is -0.456 e. The Morgan fingerprint density at radius 2 is 0.477 bits per heavy atom. The Balaban J connectivity index is 0.0000000866. The van der Waals surface area contributed by atoms with E-state index in [0.29, 0.717) is 11.4 Å². The summed E-state index contributed by atoms with van der Waals surface area (Å²) in [4.78, 5) is 33.5. The third-order valence-corrected chi connectivity index (χ3v) is 25.3. The van der Waals surface area contributed by atoms with Crippen LogP contribution in [0.4, 0.5) is 0 Å². The first kappa shape index (κ1) is 73.8. The monoisotopic (exact) mass is 1680 g/mol. The van der Waals surface area contributed by atoms with Crippen LogP contribution in [0.5, 0.6) is 0 Å². The molecule has 0 aliphatic carbocycles. The standard InChI is InChI=1S/C26H17N3O.2C25H16N4O.C20H15N3.C14H11N3/c1-16-10-12-24-18(14-16)19-15-17(11-13-25(19)30-24)28-22-8-4-5-9-23(22)29-21-7-3-2-6-20(21)27-26(28)29;1-15-12-18-17-13-16(10-11-23(17)30-24(18)26-14-15)28-21-8-4-5-9-22(21)29-20-7-3-2-6-19(20)27-25(28)29;1-15-10-11-23-17(12-15)18-13-16(14-26-24(18)30-23)28-21-8-4-5-9-22(21)29-20-7-3-2-6-19(20)27-25(28)29;1-14-7-6-8-15(13-14)22-18-11-4-5-12-19(18)23-17-10-3-2-9-16(17)21-20(22)23;1-16-12-8-4-5-9-13(12)17-11-7-3-2-6-10(11)15-14(16)17/h2-15H,1H3;2*2-14H,1H3;2-13H,1H3;2-9H,1H3. The van der Waals surface area contributed by atoms with Crippen molar-refractivity contribution in [2.24, 2.45) is 7.05 Å². The van der Waals surface area contributed by atoms with E-state index < -0.39 is 0 Å². The predicted octanol–water partition coefficient (Wildman–Crippen LogP) is 26.4. The lowest BCUT2D eigenvalue weighted by Gasteiger charge is -2.05. The molecule has 0 spiro atoms. The van der Waals surface area contributed by atoms with E-state index in [1.165, 1.54) is 44.3 Å². The molecule has 0 unspecified atom stereocenters. The van der Waals surface area contributed by atoms with Gasteiger partial charge >= 0.3 is 0 Å². The molecule has 0 bridgehead atoms. The summed E-state index contributed by atoms with van der Waals surface area (Å²) >= 11 is 0. The molecule has 0 atom stereocenters. The van der Waals surface area contributed by atoms with Crippen LogP contribution in [0.1, 0.15) is 22.3 Å². The summed E-state index contributed by atoms with van der Waals surface area (Å²) in [6.07, 6.45) is 3.70. The SMILES string of the molecule is Cc1ccc2oc3ccc(-n4c5ccccc5n5c6ccccc6nc45)cc3c2c1.Cc1ccc2oc3ncc(-n4c5ccccc5n5c6ccccc6nc45)cc3c2c1.Cc1cccc(-n2c3ccccc3n3c4ccccc4nc23)c1.Cc1cnc2oc3ccc(-n4c5ccccc5n5c6ccccc6nc45)cc3c2c1.Cn1c2ccccc2n2c3ccccc3nc12. The topological polar surface area (TPSA) is 176 Å². The number of aromatic nitrogens is 17. The van der Waals surface area contributed by atoms with Crippen LogP contribution >= 0.6 is 0 Å². The number of hydrogen-bond acceptors (Lipinski definition) is 10. The number of imidazole rings is 10. The van der Waals surface area contributed by atoms with Gasteiger partial charge in [-0.3, -0.25) is 40.3 Å². The third-order valence-electron chi connectivity index (χ3n) is 25.3. The maximum atomic E-state index is 6.07. The highest BCUT2D eigenvalue weighted by molar-refractivity contribution is 6.09. The van der Waals surface area contributed by atoms with Crippen LogP contribution < -0.4 is 0 Å². The zero-order valence-electron chi connectivity index (χ0n) is 71.0. The molecule has 0 fully saturated rings. The molecule has 0 aliphatic rings. The molecule has 15 heterocycles. The molecule has 130 heavy (non-hydrogen) atoms. The van der Waals surface area contributed by atoms with Crippen molar-refractivity contribution in [2.75, 3.05) is 0 Å². The fourth-order valence-electron chi connectivity index (χ4n) is 19.5. The van der Waals surface area contributed by atoms with Gasteiger partial charge in [0.1, 0.15) is 22.3 Å². The summed E-state index contributed by atoms with van der Waals surface area (Å²) in [5, 5.41) is 6.46. The van der Waals surface area contributed by atoms with Gasteiger partial charge in [0.2, 0.25) is 40.3 Å². The minimum absolute atomic E-state index is 0.653. The Morgan fingerprint density at radius 3 is 0.892 bits per heavy atom. The lowest BCUT2D eigenvalue weighted by molar-refractivity contribution is 0.653. The fourth-order valence-corrected chi connectivity index (χ4v) is 19.5. The van der Waals surface area contributed by atoms with Crippen LogP contribution in [0.2, 0.25) is 0 Å². The Morgan fingerprint density at radius 1 is 0.200 bits per heavy atom. The molecule has 0 radical (unpaired) electrons. The van der Waals surface area contributed by atoms with Crippen LogP contribution in [0.25, 0.3) is 228 Å². The zero-order chi connectivity index (χ0) is 86.3. The smallest absolute Gasteiger partial charge is 0.227 e. The van der Waals surface area contributed by atoms with Crippen molar-refractivity contribution >= 4 is 205 Å². The highest BCUT2D eigenvalue weighted by atomic mass is 16.3. The number of para-hydroxylation sites is 20. The fraction of sp³-hybridized carbons (Fsp3) is 0.0455. The lowest BCUT2D eigenvalue weighted by Crippen LogP contribution is -1.96. The molecule has 618 valence electrons. The third kappa shape index (κ3) is 11.4. The van der Waals surface area contributed by atoms with Gasteiger partial charge < -0.3 is 17.8 Å². The van der Waals surface area contributed by atoms with E-state index >= 15 is 0 Å². The van der Waals surface area contributed by atoms with Gasteiger partial charge in [0.05, 0.1) is 139 Å². The second kappa shape index (κ2) is 28.7. The average molecular weight is 1680 g/mol. The van der Waals surface area contributed by atoms with E-state index in [1.54, 1.807) is 0 Å². The maximum absolute atomic E-state index is 6.07. The Kier molecular flexibility index (Phi) is 16.3. The molecule has 0 aliphatic heterocycles. The largest absolute Gasteiger partial charge is 0.456 e. The van der Waals surface area contributed by atoms with Crippen molar-refractivity contribution in [3.63, 3.8) is 0 Å². The highest BCUT2D eigenvalue weighted by Crippen LogP contribution is 2.40. The predicted molar refractivity (Wildman–Crippen MR) is 524 cm³/mol. The molecule has 15 aromatic heterocycles. The molecule has 20 nitrogen and oxygen atoms in total. The summed E-state index contributed by atoms with van der Waals surface area (Å²) in [6.45, 7) is 8.37. The van der Waals surface area contributed by atoms with Crippen LogP contribution in [0, 0.1) is 27.7 Å².